The van der Waals surface area contributed by atoms with E-state index in [2.05, 4.69) is 19.2 Å². The number of hydrogen-bond donors (Lipinski definition) is 2. The second kappa shape index (κ2) is 4.36. The van der Waals surface area contributed by atoms with Crippen molar-refractivity contribution in [1.29, 1.82) is 0 Å². The summed E-state index contributed by atoms with van der Waals surface area (Å²) in [5, 5.41) is 3.22. The van der Waals surface area contributed by atoms with Crippen LogP contribution in [0, 0.1) is 17.8 Å². The maximum Gasteiger partial charge on any atom is 0.224 e. The lowest BCUT2D eigenvalue weighted by Gasteiger charge is -2.29. The van der Waals surface area contributed by atoms with Gasteiger partial charge in [0.2, 0.25) is 5.91 Å². The lowest BCUT2D eigenvalue weighted by Crippen LogP contribution is -2.47. The molecule has 92 valence electrons. The maximum atomic E-state index is 12.1. The molecule has 3 unspecified atom stereocenters. The minimum atomic E-state index is -0.0945. The second-order valence-corrected chi connectivity index (χ2v) is 5.73. The monoisotopic (exact) mass is 224 g/mol. The van der Waals surface area contributed by atoms with Crippen LogP contribution in [0.15, 0.2) is 0 Å². The zero-order valence-electron chi connectivity index (χ0n) is 10.5. The Bertz CT molecular complexity index is 269. The molecule has 2 aliphatic carbocycles. The van der Waals surface area contributed by atoms with E-state index in [1.54, 1.807) is 0 Å². The minimum absolute atomic E-state index is 0.0945. The fourth-order valence-electron chi connectivity index (χ4n) is 3.24. The van der Waals surface area contributed by atoms with E-state index in [0.29, 0.717) is 24.3 Å². The normalized spacial score (nSPS) is 35.3. The van der Waals surface area contributed by atoms with Gasteiger partial charge >= 0.3 is 0 Å². The van der Waals surface area contributed by atoms with Crippen LogP contribution < -0.4 is 11.1 Å². The molecule has 3 atom stereocenters. The quantitative estimate of drug-likeness (QED) is 0.746. The highest BCUT2D eigenvalue weighted by Crippen LogP contribution is 2.57. The standard InChI is InChI=1S/C13H24N2O/c1-3-13(2,7-8-14)15-12(16)11-9-5-4-6-10(9)11/h9-11H,3-8,14H2,1-2H3,(H,15,16). The molecule has 3 heteroatoms. The smallest absolute Gasteiger partial charge is 0.224 e. The van der Waals surface area contributed by atoms with E-state index in [0.717, 1.165) is 12.8 Å². The van der Waals surface area contributed by atoms with Crippen LogP contribution in [0.2, 0.25) is 0 Å². The van der Waals surface area contributed by atoms with E-state index in [9.17, 15) is 4.79 Å². The summed E-state index contributed by atoms with van der Waals surface area (Å²) in [5.74, 6) is 2.03. The molecule has 0 radical (unpaired) electrons. The van der Waals surface area contributed by atoms with Crippen LogP contribution in [-0.4, -0.2) is 18.0 Å². The Labute approximate surface area is 98.2 Å². The van der Waals surface area contributed by atoms with Gasteiger partial charge in [-0.05, 0) is 51.0 Å². The van der Waals surface area contributed by atoms with Crippen molar-refractivity contribution in [2.45, 2.75) is 51.5 Å². The van der Waals surface area contributed by atoms with Crippen LogP contribution in [0.25, 0.3) is 0 Å². The number of hydrogen-bond acceptors (Lipinski definition) is 2. The van der Waals surface area contributed by atoms with Crippen molar-refractivity contribution in [3.05, 3.63) is 0 Å². The molecule has 1 amide bonds. The number of fused-ring (bicyclic) bond motifs is 1. The molecule has 2 aliphatic rings. The number of carbonyl (C=O) groups excluding carboxylic acids is 1. The summed E-state index contributed by atoms with van der Waals surface area (Å²) in [5.41, 5.74) is 5.50. The van der Waals surface area contributed by atoms with Gasteiger partial charge in [0.15, 0.2) is 0 Å². The molecule has 0 aromatic heterocycles. The SMILES string of the molecule is CCC(C)(CCN)NC(=O)C1C2CCCC21. The zero-order valence-corrected chi connectivity index (χ0v) is 10.5. The van der Waals surface area contributed by atoms with Gasteiger partial charge in [-0.25, -0.2) is 0 Å². The summed E-state index contributed by atoms with van der Waals surface area (Å²) in [6, 6.07) is 0. The summed E-state index contributed by atoms with van der Waals surface area (Å²) in [6.07, 6.45) is 5.69. The molecule has 2 rings (SSSR count). The summed E-state index contributed by atoms with van der Waals surface area (Å²) >= 11 is 0. The van der Waals surface area contributed by atoms with Crippen molar-refractivity contribution < 1.29 is 4.79 Å². The van der Waals surface area contributed by atoms with E-state index in [1.165, 1.54) is 19.3 Å². The van der Waals surface area contributed by atoms with Gasteiger partial charge in [-0.1, -0.05) is 13.3 Å². The summed E-state index contributed by atoms with van der Waals surface area (Å²) in [4.78, 5) is 12.1. The molecule has 0 spiro atoms. The lowest BCUT2D eigenvalue weighted by atomic mass is 9.94. The van der Waals surface area contributed by atoms with Gasteiger partial charge in [0.1, 0.15) is 0 Å². The van der Waals surface area contributed by atoms with Crippen LogP contribution in [0.1, 0.15) is 46.0 Å². The van der Waals surface area contributed by atoms with E-state index < -0.39 is 0 Å². The summed E-state index contributed by atoms with van der Waals surface area (Å²) in [7, 11) is 0. The minimum Gasteiger partial charge on any atom is -0.351 e. The van der Waals surface area contributed by atoms with Crippen molar-refractivity contribution in [2.75, 3.05) is 6.54 Å². The Hall–Kier alpha value is -0.570. The first kappa shape index (κ1) is 11.9. The van der Waals surface area contributed by atoms with Gasteiger partial charge in [-0.3, -0.25) is 4.79 Å². The summed E-state index contributed by atoms with van der Waals surface area (Å²) in [6.45, 7) is 4.86. The molecule has 0 heterocycles. The Morgan fingerprint density at radius 2 is 2.06 bits per heavy atom. The number of nitrogens with one attached hydrogen (secondary N) is 1. The fraction of sp³-hybridized carbons (Fsp3) is 0.923. The molecule has 0 saturated heterocycles. The van der Waals surface area contributed by atoms with Gasteiger partial charge in [0, 0.05) is 11.5 Å². The van der Waals surface area contributed by atoms with Gasteiger partial charge in [-0.15, -0.1) is 0 Å². The average Bonchev–Trinajstić information content (AvgIpc) is 2.74. The molecule has 0 aliphatic heterocycles. The largest absolute Gasteiger partial charge is 0.351 e. The van der Waals surface area contributed by atoms with Crippen LogP contribution in [0.5, 0.6) is 0 Å². The molecular formula is C13H24N2O. The van der Waals surface area contributed by atoms with Crippen LogP contribution in [-0.2, 0) is 4.79 Å². The Morgan fingerprint density at radius 1 is 1.44 bits per heavy atom. The van der Waals surface area contributed by atoms with E-state index in [4.69, 9.17) is 5.73 Å². The Morgan fingerprint density at radius 3 is 2.56 bits per heavy atom. The third-order valence-corrected chi connectivity index (χ3v) is 4.61. The highest BCUT2D eigenvalue weighted by atomic mass is 16.2. The number of carbonyl (C=O) groups is 1. The van der Waals surface area contributed by atoms with Crippen molar-refractivity contribution in [1.82, 2.24) is 5.32 Å². The molecular weight excluding hydrogens is 200 g/mol. The molecule has 3 nitrogen and oxygen atoms in total. The fourth-order valence-corrected chi connectivity index (χ4v) is 3.24. The van der Waals surface area contributed by atoms with Crippen molar-refractivity contribution >= 4 is 5.91 Å². The average molecular weight is 224 g/mol. The van der Waals surface area contributed by atoms with Crippen LogP contribution in [0.4, 0.5) is 0 Å². The number of amides is 1. The molecule has 3 N–H and O–H groups in total. The first-order chi connectivity index (χ1) is 7.61. The van der Waals surface area contributed by atoms with Gasteiger partial charge in [0.25, 0.3) is 0 Å². The van der Waals surface area contributed by atoms with Gasteiger partial charge in [-0.2, -0.15) is 0 Å². The Kier molecular flexibility index (Phi) is 3.24. The van der Waals surface area contributed by atoms with E-state index in [1.807, 2.05) is 0 Å². The number of rotatable bonds is 5. The van der Waals surface area contributed by atoms with Crippen LogP contribution >= 0.6 is 0 Å². The first-order valence-electron chi connectivity index (χ1n) is 6.63. The zero-order chi connectivity index (χ0) is 11.8. The highest BCUT2D eigenvalue weighted by molar-refractivity contribution is 5.83. The highest BCUT2D eigenvalue weighted by Gasteiger charge is 2.56. The predicted molar refractivity (Wildman–Crippen MR) is 64.8 cm³/mol. The van der Waals surface area contributed by atoms with Crippen molar-refractivity contribution in [3.8, 4) is 0 Å². The molecule has 0 bridgehead atoms. The summed E-state index contributed by atoms with van der Waals surface area (Å²) < 4.78 is 0. The molecule has 16 heavy (non-hydrogen) atoms. The molecule has 0 aromatic carbocycles. The Balaban J connectivity index is 1.87. The predicted octanol–water partition coefficient (Wildman–Crippen LogP) is 1.67. The van der Waals surface area contributed by atoms with Gasteiger partial charge < -0.3 is 11.1 Å². The van der Waals surface area contributed by atoms with Crippen molar-refractivity contribution in [3.63, 3.8) is 0 Å². The molecule has 2 saturated carbocycles. The third-order valence-electron chi connectivity index (χ3n) is 4.61. The molecule has 0 aromatic rings. The second-order valence-electron chi connectivity index (χ2n) is 5.73. The first-order valence-corrected chi connectivity index (χ1v) is 6.63. The number of nitrogens with two attached hydrogens (primary N) is 1. The van der Waals surface area contributed by atoms with Crippen LogP contribution in [0.3, 0.4) is 0 Å². The third kappa shape index (κ3) is 2.10. The van der Waals surface area contributed by atoms with Gasteiger partial charge in [0.05, 0.1) is 0 Å². The van der Waals surface area contributed by atoms with E-state index in [-0.39, 0.29) is 11.4 Å². The van der Waals surface area contributed by atoms with E-state index >= 15 is 0 Å². The topological polar surface area (TPSA) is 55.1 Å². The maximum absolute atomic E-state index is 12.1. The molecule has 2 fully saturated rings. The lowest BCUT2D eigenvalue weighted by molar-refractivity contribution is -0.125. The van der Waals surface area contributed by atoms with Crippen molar-refractivity contribution in [2.24, 2.45) is 23.5 Å².